The van der Waals surface area contributed by atoms with Crippen LogP contribution in [0.3, 0.4) is 0 Å². The number of hydrogen-bond acceptors (Lipinski definition) is 1. The molecule has 0 aromatic carbocycles. The first-order valence-corrected chi connectivity index (χ1v) is 9.39. The van der Waals surface area contributed by atoms with E-state index in [1.807, 2.05) is 0 Å². The van der Waals surface area contributed by atoms with Gasteiger partial charge in [0.1, 0.15) is 0 Å². The highest BCUT2D eigenvalue weighted by atomic mass is 16.4. The Labute approximate surface area is 139 Å². The zero-order valence-corrected chi connectivity index (χ0v) is 14.1. The Hall–Kier alpha value is -1.31. The fourth-order valence-electron chi connectivity index (χ4n) is 5.85. The average Bonchev–Trinajstić information content (AvgIpc) is 2.94. The zero-order chi connectivity index (χ0) is 16.0. The molecule has 4 rings (SSSR count). The van der Waals surface area contributed by atoms with E-state index in [0.29, 0.717) is 17.8 Å². The van der Waals surface area contributed by atoms with Crippen LogP contribution in [0.1, 0.15) is 58.3 Å². The summed E-state index contributed by atoms with van der Waals surface area (Å²) >= 11 is 0. The largest absolute Gasteiger partial charge is 0.481 e. The molecule has 1 N–H and O–H groups in total. The van der Waals surface area contributed by atoms with Crippen molar-refractivity contribution >= 4 is 5.97 Å². The van der Waals surface area contributed by atoms with Gasteiger partial charge >= 0.3 is 5.97 Å². The van der Waals surface area contributed by atoms with Crippen LogP contribution in [-0.2, 0) is 4.79 Å². The van der Waals surface area contributed by atoms with Gasteiger partial charge in [0.25, 0.3) is 0 Å². The molecule has 2 nitrogen and oxygen atoms in total. The molecule has 23 heavy (non-hydrogen) atoms. The lowest BCUT2D eigenvalue weighted by atomic mass is 9.55. The number of allylic oxidation sites excluding steroid dienone is 6. The summed E-state index contributed by atoms with van der Waals surface area (Å²) in [6, 6.07) is 0. The fourth-order valence-corrected chi connectivity index (χ4v) is 5.85. The molecule has 0 saturated heterocycles. The molecule has 2 heteroatoms. The van der Waals surface area contributed by atoms with E-state index in [9.17, 15) is 4.79 Å². The van der Waals surface area contributed by atoms with Gasteiger partial charge in [-0.05, 0) is 73.3 Å². The smallest absolute Gasteiger partial charge is 0.303 e. The van der Waals surface area contributed by atoms with Crippen LogP contribution in [0.15, 0.2) is 35.5 Å². The van der Waals surface area contributed by atoms with Gasteiger partial charge in [-0.25, -0.2) is 0 Å². The second-order valence-corrected chi connectivity index (χ2v) is 8.43. The molecule has 4 aliphatic rings. The van der Waals surface area contributed by atoms with Crippen molar-refractivity contribution in [3.8, 4) is 0 Å². The van der Waals surface area contributed by atoms with Crippen molar-refractivity contribution in [1.82, 2.24) is 0 Å². The van der Waals surface area contributed by atoms with Gasteiger partial charge in [0.15, 0.2) is 0 Å². The molecule has 0 heterocycles. The van der Waals surface area contributed by atoms with Gasteiger partial charge in [0.2, 0.25) is 0 Å². The molecular weight excluding hydrogens is 284 g/mol. The lowest BCUT2D eigenvalue weighted by molar-refractivity contribution is -0.137. The molecule has 5 atom stereocenters. The molecule has 4 aliphatic carbocycles. The van der Waals surface area contributed by atoms with Crippen molar-refractivity contribution in [2.75, 3.05) is 0 Å². The van der Waals surface area contributed by atoms with Crippen molar-refractivity contribution in [3.05, 3.63) is 35.5 Å². The minimum Gasteiger partial charge on any atom is -0.481 e. The van der Waals surface area contributed by atoms with Crippen LogP contribution in [0.2, 0.25) is 0 Å². The number of fused-ring (bicyclic) bond motifs is 5. The molecular formula is C21H28O2. The van der Waals surface area contributed by atoms with Crippen molar-refractivity contribution in [2.24, 2.45) is 29.1 Å². The predicted octanol–water partition coefficient (Wildman–Crippen LogP) is 5.13. The number of carboxylic acids is 1. The maximum atomic E-state index is 10.8. The first kappa shape index (κ1) is 15.2. The highest BCUT2D eigenvalue weighted by molar-refractivity contribution is 5.66. The van der Waals surface area contributed by atoms with Gasteiger partial charge in [0, 0.05) is 11.8 Å². The normalized spacial score (nSPS) is 41.4. The summed E-state index contributed by atoms with van der Waals surface area (Å²) in [4.78, 5) is 10.8. The molecule has 2 saturated carbocycles. The van der Waals surface area contributed by atoms with E-state index in [1.54, 1.807) is 11.1 Å². The van der Waals surface area contributed by atoms with Crippen molar-refractivity contribution in [2.45, 2.75) is 58.3 Å². The standard InChI is InChI=1S/C21H28O2/c1-21-11-2-3-19(21)18-8-6-15-13-14(5-9-20(22)23)4-7-16(15)17(18)10-12-21/h2-3,8,11,14-17H,4-7,9-10,12-13H2,1H3,(H,22,23)/t14?,15?,16-,17+,21-/m0/s1. The van der Waals surface area contributed by atoms with E-state index in [-0.39, 0.29) is 0 Å². The van der Waals surface area contributed by atoms with E-state index in [1.165, 1.54) is 38.5 Å². The first-order chi connectivity index (χ1) is 11.1. The van der Waals surface area contributed by atoms with Crippen molar-refractivity contribution in [3.63, 3.8) is 0 Å². The molecule has 0 radical (unpaired) electrons. The minimum atomic E-state index is -0.634. The van der Waals surface area contributed by atoms with Crippen LogP contribution in [0.5, 0.6) is 0 Å². The van der Waals surface area contributed by atoms with Crippen LogP contribution >= 0.6 is 0 Å². The summed E-state index contributed by atoms with van der Waals surface area (Å²) in [6.07, 6.45) is 18.5. The Bertz CT molecular complexity index is 597. The summed E-state index contributed by atoms with van der Waals surface area (Å²) in [7, 11) is 0. The van der Waals surface area contributed by atoms with Crippen LogP contribution in [0.25, 0.3) is 0 Å². The third kappa shape index (κ3) is 2.60. The molecule has 124 valence electrons. The fraction of sp³-hybridized carbons (Fsp3) is 0.667. The number of rotatable bonds is 3. The molecule has 0 aromatic heterocycles. The topological polar surface area (TPSA) is 37.3 Å². The molecule has 0 spiro atoms. The lowest BCUT2D eigenvalue weighted by Gasteiger charge is -2.49. The summed E-state index contributed by atoms with van der Waals surface area (Å²) in [5.41, 5.74) is 3.56. The summed E-state index contributed by atoms with van der Waals surface area (Å²) in [5, 5.41) is 8.92. The Kier molecular flexibility index (Phi) is 3.74. The summed E-state index contributed by atoms with van der Waals surface area (Å²) < 4.78 is 0. The van der Waals surface area contributed by atoms with Crippen LogP contribution in [-0.4, -0.2) is 11.1 Å². The minimum absolute atomic E-state index is 0.299. The highest BCUT2D eigenvalue weighted by Crippen LogP contribution is 2.57. The third-order valence-corrected chi connectivity index (χ3v) is 7.10. The van der Waals surface area contributed by atoms with E-state index >= 15 is 0 Å². The number of carbonyl (C=O) groups is 1. The maximum Gasteiger partial charge on any atom is 0.303 e. The summed E-state index contributed by atoms with van der Waals surface area (Å²) in [6.45, 7) is 2.40. The van der Waals surface area contributed by atoms with Crippen molar-refractivity contribution in [1.29, 1.82) is 0 Å². The highest BCUT2D eigenvalue weighted by Gasteiger charge is 2.46. The quantitative estimate of drug-likeness (QED) is 0.784. The second kappa shape index (κ2) is 5.65. The number of hydrogen-bond donors (Lipinski definition) is 1. The van der Waals surface area contributed by atoms with E-state index in [2.05, 4.69) is 31.2 Å². The van der Waals surface area contributed by atoms with Gasteiger partial charge in [-0.1, -0.05) is 37.6 Å². The van der Waals surface area contributed by atoms with Crippen LogP contribution in [0, 0.1) is 29.1 Å². The third-order valence-electron chi connectivity index (χ3n) is 7.10. The number of carboxylic acid groups (broad SMARTS) is 1. The Morgan fingerprint density at radius 1 is 1.35 bits per heavy atom. The Morgan fingerprint density at radius 3 is 3.04 bits per heavy atom. The van der Waals surface area contributed by atoms with Gasteiger partial charge in [-0.15, -0.1) is 0 Å². The van der Waals surface area contributed by atoms with Crippen LogP contribution in [0.4, 0.5) is 0 Å². The van der Waals surface area contributed by atoms with E-state index < -0.39 is 5.97 Å². The molecule has 2 fully saturated rings. The first-order valence-electron chi connectivity index (χ1n) is 9.39. The molecule has 0 amide bonds. The van der Waals surface area contributed by atoms with E-state index in [0.717, 1.165) is 24.2 Å². The SMILES string of the molecule is C[C@@]12C=CC=C1C1=CCC3CC(CCC(=O)O)CC[C@@H]3[C@H]1CC2. The zero-order valence-electron chi connectivity index (χ0n) is 14.1. The second-order valence-electron chi connectivity index (χ2n) is 8.43. The van der Waals surface area contributed by atoms with Crippen molar-refractivity contribution < 1.29 is 9.90 Å². The van der Waals surface area contributed by atoms with Crippen LogP contribution < -0.4 is 0 Å². The average molecular weight is 312 g/mol. The van der Waals surface area contributed by atoms with Gasteiger partial charge < -0.3 is 5.11 Å². The monoisotopic (exact) mass is 312 g/mol. The molecule has 0 bridgehead atoms. The molecule has 0 aliphatic heterocycles. The maximum absolute atomic E-state index is 10.8. The number of aliphatic carboxylic acids is 1. The summed E-state index contributed by atoms with van der Waals surface area (Å²) in [5.74, 6) is 2.43. The molecule has 2 unspecified atom stereocenters. The lowest BCUT2D eigenvalue weighted by Crippen LogP contribution is -2.39. The van der Waals surface area contributed by atoms with Gasteiger partial charge in [0.05, 0.1) is 0 Å². The Morgan fingerprint density at radius 2 is 2.22 bits per heavy atom. The van der Waals surface area contributed by atoms with Gasteiger partial charge in [-0.3, -0.25) is 4.79 Å². The van der Waals surface area contributed by atoms with Gasteiger partial charge in [-0.2, -0.15) is 0 Å². The Balaban J connectivity index is 1.49. The predicted molar refractivity (Wildman–Crippen MR) is 91.9 cm³/mol. The van der Waals surface area contributed by atoms with E-state index in [4.69, 9.17) is 5.11 Å². The molecule has 0 aromatic rings.